The van der Waals surface area contributed by atoms with Crippen LogP contribution in [-0.4, -0.2) is 36.4 Å². The second-order valence-electron chi connectivity index (χ2n) is 16.9. The molecule has 322 valence electrons. The van der Waals surface area contributed by atoms with Crippen molar-refractivity contribution in [3.8, 4) is 0 Å². The Balaban J connectivity index is 3.35. The summed E-state index contributed by atoms with van der Waals surface area (Å²) < 4.78 is 10.6. The molecule has 0 amide bonds. The summed E-state index contributed by atoms with van der Waals surface area (Å²) in [5.41, 5.74) is 0. The lowest BCUT2D eigenvalue weighted by molar-refractivity contribution is -0.161. The molecular weight excluding hydrogens is 669 g/mol. The zero-order valence-electron chi connectivity index (χ0n) is 36.8. The molecule has 0 aliphatic carbocycles. The third kappa shape index (κ3) is 43.6. The van der Waals surface area contributed by atoms with E-state index in [1.54, 1.807) is 0 Å². The van der Waals surface area contributed by atoms with Crippen LogP contribution in [0.4, 0.5) is 0 Å². The number of hydrogen-bond donors (Lipinski definition) is 1. The van der Waals surface area contributed by atoms with Crippen LogP contribution in [0.25, 0.3) is 0 Å². The van der Waals surface area contributed by atoms with Gasteiger partial charge in [-0.25, -0.2) is 0 Å². The molecule has 0 heterocycles. The van der Waals surface area contributed by atoms with E-state index in [1.807, 2.05) is 0 Å². The van der Waals surface area contributed by atoms with E-state index in [2.05, 4.69) is 13.8 Å². The summed E-state index contributed by atoms with van der Waals surface area (Å²) in [6.45, 7) is 4.16. The first kappa shape index (κ1) is 52.9. The summed E-state index contributed by atoms with van der Waals surface area (Å²) in [6, 6.07) is 0. The Kier molecular flexibility index (Phi) is 45.3. The quantitative estimate of drug-likeness (QED) is 0.0494. The highest BCUT2D eigenvalue weighted by Gasteiger charge is 2.16. The summed E-state index contributed by atoms with van der Waals surface area (Å²) in [6.07, 6.45) is 53.6. The Morgan fingerprint density at radius 1 is 0.352 bits per heavy atom. The number of aliphatic hydroxyl groups excluding tert-OH is 1. The average molecular weight is 765 g/mol. The minimum absolute atomic E-state index is 0.0571. The van der Waals surface area contributed by atoms with Crippen LogP contribution in [0, 0.1) is 0 Å². The SMILES string of the molecule is CCCCCCCCCCCCCCCCCCCCCCCCCCCCCCCCC(=O)OC(CO)COC(=O)CCCCCCCCCCCC. The Morgan fingerprint density at radius 3 is 0.815 bits per heavy atom. The maximum absolute atomic E-state index is 12.2. The van der Waals surface area contributed by atoms with E-state index in [9.17, 15) is 14.7 Å². The Hall–Kier alpha value is -1.10. The second kappa shape index (κ2) is 46.3. The van der Waals surface area contributed by atoms with Crippen LogP contribution in [-0.2, 0) is 19.1 Å². The van der Waals surface area contributed by atoms with E-state index in [0.29, 0.717) is 12.8 Å². The molecule has 5 nitrogen and oxygen atoms in total. The molecule has 0 radical (unpaired) electrons. The zero-order valence-corrected chi connectivity index (χ0v) is 36.8. The van der Waals surface area contributed by atoms with Gasteiger partial charge in [-0.2, -0.15) is 0 Å². The number of ether oxygens (including phenoxy) is 2. The van der Waals surface area contributed by atoms with E-state index in [0.717, 1.165) is 38.5 Å². The second-order valence-corrected chi connectivity index (χ2v) is 16.9. The topological polar surface area (TPSA) is 72.8 Å². The van der Waals surface area contributed by atoms with E-state index in [-0.39, 0.29) is 25.2 Å². The molecule has 0 aromatic rings. The van der Waals surface area contributed by atoms with Gasteiger partial charge in [0.2, 0.25) is 0 Å². The molecule has 1 unspecified atom stereocenters. The third-order valence-electron chi connectivity index (χ3n) is 11.4. The van der Waals surface area contributed by atoms with Gasteiger partial charge in [-0.1, -0.05) is 258 Å². The van der Waals surface area contributed by atoms with Crippen LogP contribution in [0.1, 0.15) is 284 Å². The first-order valence-corrected chi connectivity index (χ1v) is 24.6. The standard InChI is InChI=1S/C49H96O5/c1-3-5-7-9-11-13-15-16-17-18-19-20-21-22-23-24-25-26-27-28-29-30-31-32-33-34-36-38-40-42-44-49(52)54-47(45-50)46-53-48(51)43-41-39-37-35-14-12-10-8-6-4-2/h47,50H,3-46H2,1-2H3. The van der Waals surface area contributed by atoms with Crippen LogP contribution in [0.2, 0.25) is 0 Å². The van der Waals surface area contributed by atoms with Crippen molar-refractivity contribution in [3.63, 3.8) is 0 Å². The van der Waals surface area contributed by atoms with Crippen molar-refractivity contribution >= 4 is 11.9 Å². The Morgan fingerprint density at radius 2 is 0.574 bits per heavy atom. The normalized spacial score (nSPS) is 12.0. The van der Waals surface area contributed by atoms with Gasteiger partial charge in [-0.15, -0.1) is 0 Å². The number of carbonyl (C=O) groups is 2. The molecule has 0 aliphatic rings. The molecule has 1 atom stereocenters. The minimum atomic E-state index is -0.761. The van der Waals surface area contributed by atoms with Crippen molar-refractivity contribution in [2.45, 2.75) is 290 Å². The van der Waals surface area contributed by atoms with Gasteiger partial charge in [0.15, 0.2) is 6.10 Å². The number of carbonyl (C=O) groups excluding carboxylic acids is 2. The van der Waals surface area contributed by atoms with Crippen LogP contribution < -0.4 is 0 Å². The van der Waals surface area contributed by atoms with Gasteiger partial charge in [-0.05, 0) is 12.8 Å². The Labute approximate surface area is 338 Å². The van der Waals surface area contributed by atoms with E-state index >= 15 is 0 Å². The largest absolute Gasteiger partial charge is 0.462 e. The van der Waals surface area contributed by atoms with Crippen molar-refractivity contribution in [2.75, 3.05) is 13.2 Å². The fourth-order valence-corrected chi connectivity index (χ4v) is 7.68. The monoisotopic (exact) mass is 765 g/mol. The molecule has 0 aromatic heterocycles. The number of hydrogen-bond acceptors (Lipinski definition) is 5. The maximum atomic E-state index is 12.2. The van der Waals surface area contributed by atoms with Gasteiger partial charge >= 0.3 is 11.9 Å². The molecular formula is C49H96O5. The zero-order chi connectivity index (χ0) is 39.3. The van der Waals surface area contributed by atoms with Crippen molar-refractivity contribution in [2.24, 2.45) is 0 Å². The highest BCUT2D eigenvalue weighted by atomic mass is 16.6. The molecule has 0 aromatic carbocycles. The summed E-state index contributed by atoms with van der Waals surface area (Å²) in [4.78, 5) is 24.3. The molecule has 5 heteroatoms. The molecule has 0 aliphatic heterocycles. The van der Waals surface area contributed by atoms with Crippen molar-refractivity contribution in [1.82, 2.24) is 0 Å². The molecule has 0 bridgehead atoms. The first-order valence-electron chi connectivity index (χ1n) is 24.6. The van der Waals surface area contributed by atoms with Crippen molar-refractivity contribution in [3.05, 3.63) is 0 Å². The molecule has 1 N–H and O–H groups in total. The molecule has 0 spiro atoms. The molecule has 0 rings (SSSR count). The molecule has 0 saturated heterocycles. The van der Waals surface area contributed by atoms with Gasteiger partial charge in [-0.3, -0.25) is 9.59 Å². The van der Waals surface area contributed by atoms with Crippen molar-refractivity contribution < 1.29 is 24.2 Å². The summed E-state index contributed by atoms with van der Waals surface area (Å²) in [5, 5.41) is 9.57. The molecule has 0 saturated carbocycles. The highest BCUT2D eigenvalue weighted by molar-refractivity contribution is 5.70. The van der Waals surface area contributed by atoms with E-state index < -0.39 is 6.10 Å². The van der Waals surface area contributed by atoms with Crippen LogP contribution in [0.5, 0.6) is 0 Å². The lowest BCUT2D eigenvalue weighted by atomic mass is 10.0. The van der Waals surface area contributed by atoms with E-state index in [1.165, 1.54) is 218 Å². The predicted molar refractivity (Wildman–Crippen MR) is 233 cm³/mol. The lowest BCUT2D eigenvalue weighted by Crippen LogP contribution is -2.28. The van der Waals surface area contributed by atoms with Gasteiger partial charge in [0.25, 0.3) is 0 Å². The first-order chi connectivity index (χ1) is 26.6. The minimum Gasteiger partial charge on any atom is -0.462 e. The van der Waals surface area contributed by atoms with Gasteiger partial charge in [0.05, 0.1) is 6.61 Å². The molecule has 0 fully saturated rings. The van der Waals surface area contributed by atoms with Gasteiger partial charge < -0.3 is 14.6 Å². The lowest BCUT2D eigenvalue weighted by Gasteiger charge is -2.15. The predicted octanol–water partition coefficient (Wildman–Crippen LogP) is 15.9. The van der Waals surface area contributed by atoms with Crippen LogP contribution in [0.3, 0.4) is 0 Å². The van der Waals surface area contributed by atoms with E-state index in [4.69, 9.17) is 9.47 Å². The fraction of sp³-hybridized carbons (Fsp3) is 0.959. The summed E-state index contributed by atoms with van der Waals surface area (Å²) in [5.74, 6) is -0.574. The number of unbranched alkanes of at least 4 members (excludes halogenated alkanes) is 38. The van der Waals surface area contributed by atoms with Crippen LogP contribution in [0.15, 0.2) is 0 Å². The molecule has 54 heavy (non-hydrogen) atoms. The number of aliphatic hydroxyl groups is 1. The van der Waals surface area contributed by atoms with Crippen LogP contribution >= 0.6 is 0 Å². The number of esters is 2. The maximum Gasteiger partial charge on any atom is 0.306 e. The highest BCUT2D eigenvalue weighted by Crippen LogP contribution is 2.17. The third-order valence-corrected chi connectivity index (χ3v) is 11.4. The average Bonchev–Trinajstić information content (AvgIpc) is 3.17. The summed E-state index contributed by atoms with van der Waals surface area (Å²) in [7, 11) is 0. The summed E-state index contributed by atoms with van der Waals surface area (Å²) >= 11 is 0. The smallest absolute Gasteiger partial charge is 0.306 e. The number of rotatable bonds is 46. The van der Waals surface area contributed by atoms with Gasteiger partial charge in [0.1, 0.15) is 6.61 Å². The Bertz CT molecular complexity index is 740. The van der Waals surface area contributed by atoms with Crippen molar-refractivity contribution in [1.29, 1.82) is 0 Å². The fourth-order valence-electron chi connectivity index (χ4n) is 7.68. The van der Waals surface area contributed by atoms with Gasteiger partial charge in [0, 0.05) is 12.8 Å².